The van der Waals surface area contributed by atoms with Crippen LogP contribution >= 0.6 is 0 Å². The number of benzene rings is 2. The third-order valence-electron chi connectivity index (χ3n) is 2.61. The highest BCUT2D eigenvalue weighted by Crippen LogP contribution is 2.32. The predicted molar refractivity (Wildman–Crippen MR) is 63.8 cm³/mol. The second-order valence-corrected chi connectivity index (χ2v) is 3.73. The van der Waals surface area contributed by atoms with Crippen molar-refractivity contribution >= 4 is 11.4 Å². The van der Waals surface area contributed by atoms with E-state index >= 15 is 0 Å². The van der Waals surface area contributed by atoms with Crippen LogP contribution in [-0.4, -0.2) is 0 Å². The summed E-state index contributed by atoms with van der Waals surface area (Å²) in [6, 6.07) is 18.3. The summed E-state index contributed by atoms with van der Waals surface area (Å²) in [4.78, 5) is 5.41. The second kappa shape index (κ2) is 3.87. The third-order valence-corrected chi connectivity index (χ3v) is 2.61. The Morgan fingerprint density at radius 3 is 2.56 bits per heavy atom. The second-order valence-electron chi connectivity index (χ2n) is 3.73. The number of hydrogen-bond acceptors (Lipinski definition) is 3. The van der Waals surface area contributed by atoms with Gasteiger partial charge in [-0.15, -0.1) is 0 Å². The zero-order chi connectivity index (χ0) is 10.8. The van der Waals surface area contributed by atoms with Gasteiger partial charge in [-0.3, -0.25) is 0 Å². The largest absolute Gasteiger partial charge is 0.240 e. The topological polar surface area (TPSA) is 24.5 Å². The van der Waals surface area contributed by atoms with Crippen molar-refractivity contribution in [2.24, 2.45) is 0 Å². The van der Waals surface area contributed by atoms with E-state index in [2.05, 4.69) is 17.6 Å². The molecule has 0 spiro atoms. The highest BCUT2D eigenvalue weighted by Gasteiger charge is 2.19. The van der Waals surface area contributed by atoms with E-state index in [4.69, 9.17) is 4.94 Å². The van der Waals surface area contributed by atoms with E-state index in [1.807, 2.05) is 47.5 Å². The fourth-order valence-electron chi connectivity index (χ4n) is 1.80. The lowest BCUT2D eigenvalue weighted by atomic mass is 10.2. The summed E-state index contributed by atoms with van der Waals surface area (Å²) < 4.78 is 0. The van der Waals surface area contributed by atoms with Gasteiger partial charge in [0.2, 0.25) is 0 Å². The Labute approximate surface area is 94.2 Å². The van der Waals surface area contributed by atoms with Crippen LogP contribution in [0, 0.1) is 0 Å². The van der Waals surface area contributed by atoms with Gasteiger partial charge in [-0.1, -0.05) is 42.5 Å². The van der Waals surface area contributed by atoms with Crippen molar-refractivity contribution in [2.45, 2.75) is 6.54 Å². The molecule has 2 aromatic rings. The summed E-state index contributed by atoms with van der Waals surface area (Å²) in [7, 11) is 0. The van der Waals surface area contributed by atoms with Gasteiger partial charge in [0, 0.05) is 0 Å². The molecule has 0 saturated heterocycles. The first-order chi connectivity index (χ1) is 7.93. The summed E-state index contributed by atoms with van der Waals surface area (Å²) in [6.45, 7) is 0.741. The molecule has 3 nitrogen and oxygen atoms in total. The number of fused-ring (bicyclic) bond motifs is 1. The maximum absolute atomic E-state index is 5.41. The summed E-state index contributed by atoms with van der Waals surface area (Å²) in [5.41, 5.74) is 6.21. The van der Waals surface area contributed by atoms with E-state index in [1.165, 1.54) is 5.56 Å². The van der Waals surface area contributed by atoms with Gasteiger partial charge in [0.25, 0.3) is 0 Å². The standard InChI is InChI=1S/C13H12N2O/c1-2-6-11(7-3-1)10-15-13-9-5-4-8-12(13)14-16-15/h1-9,14H,10H2. The van der Waals surface area contributed by atoms with Crippen LogP contribution in [0.3, 0.4) is 0 Å². The first kappa shape index (κ1) is 9.24. The van der Waals surface area contributed by atoms with Crippen LogP contribution in [0.1, 0.15) is 5.56 Å². The number of para-hydroxylation sites is 2. The lowest BCUT2D eigenvalue weighted by molar-refractivity contribution is 0.177. The number of hydrogen-bond donors (Lipinski definition) is 1. The van der Waals surface area contributed by atoms with Crippen LogP contribution in [0.4, 0.5) is 11.4 Å². The average Bonchev–Trinajstić information content (AvgIpc) is 2.74. The minimum absolute atomic E-state index is 0.741. The molecule has 16 heavy (non-hydrogen) atoms. The Balaban J connectivity index is 1.84. The van der Waals surface area contributed by atoms with Crippen LogP contribution < -0.4 is 10.5 Å². The summed E-state index contributed by atoms with van der Waals surface area (Å²) in [5, 5.41) is 1.85. The van der Waals surface area contributed by atoms with Gasteiger partial charge < -0.3 is 0 Å². The SMILES string of the molecule is c1ccc(CN2ONc3ccccc32)cc1. The lowest BCUT2D eigenvalue weighted by Gasteiger charge is -2.15. The monoisotopic (exact) mass is 212 g/mol. The van der Waals surface area contributed by atoms with Crippen LogP contribution in [0.25, 0.3) is 0 Å². The molecule has 1 heterocycles. The zero-order valence-electron chi connectivity index (χ0n) is 8.76. The van der Waals surface area contributed by atoms with E-state index in [-0.39, 0.29) is 0 Å². The minimum atomic E-state index is 0.741. The fourth-order valence-corrected chi connectivity index (χ4v) is 1.80. The third kappa shape index (κ3) is 1.61. The lowest BCUT2D eigenvalue weighted by Crippen LogP contribution is -2.19. The zero-order valence-corrected chi connectivity index (χ0v) is 8.76. The quantitative estimate of drug-likeness (QED) is 0.828. The van der Waals surface area contributed by atoms with E-state index < -0.39 is 0 Å². The smallest absolute Gasteiger partial charge is 0.0920 e. The van der Waals surface area contributed by atoms with Crippen LogP contribution in [0.5, 0.6) is 0 Å². The fraction of sp³-hybridized carbons (Fsp3) is 0.0769. The summed E-state index contributed by atoms with van der Waals surface area (Å²) in [5.74, 6) is 0. The van der Waals surface area contributed by atoms with E-state index in [1.54, 1.807) is 0 Å². The van der Waals surface area contributed by atoms with Crippen LogP contribution in [0.15, 0.2) is 54.6 Å². The Kier molecular flexibility index (Phi) is 2.23. The highest BCUT2D eigenvalue weighted by molar-refractivity contribution is 5.70. The average molecular weight is 212 g/mol. The number of hydroxylamine groups is 1. The number of nitrogens with one attached hydrogen (secondary N) is 1. The first-order valence-corrected chi connectivity index (χ1v) is 5.27. The molecule has 0 saturated carbocycles. The molecule has 3 rings (SSSR count). The van der Waals surface area contributed by atoms with Gasteiger partial charge in [0.15, 0.2) is 0 Å². The van der Waals surface area contributed by atoms with Gasteiger partial charge in [0.05, 0.1) is 17.9 Å². The van der Waals surface area contributed by atoms with Crippen molar-refractivity contribution in [3.63, 3.8) is 0 Å². The Bertz CT molecular complexity index is 484. The molecule has 1 N–H and O–H groups in total. The van der Waals surface area contributed by atoms with Gasteiger partial charge in [-0.05, 0) is 17.7 Å². The Hall–Kier alpha value is -2.00. The van der Waals surface area contributed by atoms with Gasteiger partial charge in [-0.2, -0.15) is 4.94 Å². The molecule has 0 bridgehead atoms. The first-order valence-electron chi connectivity index (χ1n) is 5.27. The number of nitrogens with zero attached hydrogens (tertiary/aromatic N) is 1. The predicted octanol–water partition coefficient (Wildman–Crippen LogP) is 2.97. The van der Waals surface area contributed by atoms with Gasteiger partial charge in [-0.25, -0.2) is 10.5 Å². The molecule has 0 aliphatic carbocycles. The molecule has 2 aromatic carbocycles. The van der Waals surface area contributed by atoms with Crippen molar-refractivity contribution in [1.29, 1.82) is 0 Å². The van der Waals surface area contributed by atoms with Crippen LogP contribution in [0.2, 0.25) is 0 Å². The normalized spacial score (nSPS) is 13.4. The maximum Gasteiger partial charge on any atom is 0.0920 e. The van der Waals surface area contributed by atoms with Crippen molar-refractivity contribution in [3.8, 4) is 0 Å². The molecular weight excluding hydrogens is 200 g/mol. The van der Waals surface area contributed by atoms with Crippen molar-refractivity contribution in [2.75, 3.05) is 10.5 Å². The van der Waals surface area contributed by atoms with Crippen molar-refractivity contribution in [1.82, 2.24) is 0 Å². The molecule has 0 aromatic heterocycles. The molecule has 80 valence electrons. The molecule has 1 aliphatic heterocycles. The van der Waals surface area contributed by atoms with Gasteiger partial charge >= 0.3 is 0 Å². The molecule has 0 unspecified atom stereocenters. The van der Waals surface area contributed by atoms with Crippen LogP contribution in [-0.2, 0) is 11.5 Å². The summed E-state index contributed by atoms with van der Waals surface area (Å²) >= 11 is 0. The van der Waals surface area contributed by atoms with Crippen molar-refractivity contribution in [3.05, 3.63) is 60.2 Å². The maximum atomic E-state index is 5.41. The minimum Gasteiger partial charge on any atom is -0.240 e. The van der Waals surface area contributed by atoms with E-state index in [9.17, 15) is 0 Å². The molecule has 0 amide bonds. The molecule has 3 heteroatoms. The molecule has 1 aliphatic rings. The van der Waals surface area contributed by atoms with E-state index in [0.29, 0.717) is 0 Å². The van der Waals surface area contributed by atoms with Gasteiger partial charge in [0.1, 0.15) is 0 Å². The summed E-state index contributed by atoms with van der Waals surface area (Å²) in [6.07, 6.45) is 0. The molecule has 0 radical (unpaired) electrons. The van der Waals surface area contributed by atoms with Crippen molar-refractivity contribution < 1.29 is 4.94 Å². The van der Waals surface area contributed by atoms with E-state index in [0.717, 1.165) is 17.9 Å². The molecular formula is C13H12N2O. The number of anilines is 2. The number of rotatable bonds is 2. The Morgan fingerprint density at radius 2 is 1.69 bits per heavy atom. The molecule has 0 fully saturated rings. The Morgan fingerprint density at radius 1 is 0.938 bits per heavy atom. The highest BCUT2D eigenvalue weighted by atomic mass is 16.8. The molecule has 0 atom stereocenters.